The molecule has 3 heteroatoms. The van der Waals surface area contributed by atoms with Gasteiger partial charge in [0, 0.05) is 24.8 Å². The summed E-state index contributed by atoms with van der Waals surface area (Å²) in [6.07, 6.45) is 6.56. The molecule has 38 valence electrons. The zero-order valence-corrected chi connectivity index (χ0v) is 3.91. The van der Waals surface area contributed by atoms with E-state index in [0.29, 0.717) is 0 Å². The second kappa shape index (κ2) is 3.24. The number of rotatable bonds is 0. The van der Waals surface area contributed by atoms with Gasteiger partial charge in [0.2, 0.25) is 0 Å². The van der Waals surface area contributed by atoms with Gasteiger partial charge in [0.1, 0.15) is 0 Å². The predicted octanol–water partition coefficient (Wildman–Crippen LogP) is 0.639. The highest BCUT2D eigenvalue weighted by Crippen LogP contribution is 1.65. The summed E-state index contributed by atoms with van der Waals surface area (Å²) in [4.78, 5) is 7.44. The van der Waals surface area contributed by atoms with Gasteiger partial charge in [-0.05, 0) is 0 Å². The molecular weight excluding hydrogens is 90.1 g/mol. The van der Waals surface area contributed by atoms with Crippen LogP contribution in [0.4, 0.5) is 0 Å². The lowest BCUT2D eigenvalue weighted by Crippen LogP contribution is -1.66. The molecule has 0 spiro atoms. The van der Waals surface area contributed by atoms with E-state index in [2.05, 4.69) is 9.97 Å². The minimum atomic E-state index is 0. The van der Waals surface area contributed by atoms with Crippen molar-refractivity contribution in [3.63, 3.8) is 0 Å². The highest BCUT2D eigenvalue weighted by molar-refractivity contribution is 4.70. The zero-order valence-electron chi connectivity index (χ0n) is 3.91. The van der Waals surface area contributed by atoms with E-state index in [0.717, 1.165) is 0 Å². The third-order valence-electron chi connectivity index (χ3n) is 0.478. The molecule has 1 aromatic heterocycles. The molecule has 0 atom stereocenters. The van der Waals surface area contributed by atoms with Crippen molar-refractivity contribution in [1.29, 1.82) is 0 Å². The molecule has 0 amide bonds. The van der Waals surface area contributed by atoms with Gasteiger partial charge in [-0.1, -0.05) is 0 Å². The third-order valence-corrected chi connectivity index (χ3v) is 0.478. The van der Waals surface area contributed by atoms with Crippen LogP contribution in [0.2, 0.25) is 0 Å². The average Bonchev–Trinajstić information content (AvgIpc) is 1.72. The second-order valence-corrected chi connectivity index (χ2v) is 0.894. The Hall–Kier alpha value is -0.960. The van der Waals surface area contributed by atoms with Gasteiger partial charge in [0.25, 0.3) is 0 Å². The number of aromatic nitrogens is 2. The van der Waals surface area contributed by atoms with E-state index in [-0.39, 0.29) is 6.15 Å². The van der Waals surface area contributed by atoms with Crippen LogP contribution in [0.3, 0.4) is 0 Å². The Morgan fingerprint density at radius 1 is 0.714 bits per heavy atom. The van der Waals surface area contributed by atoms with Crippen molar-refractivity contribution in [3.8, 4) is 0 Å². The maximum atomic E-state index is 3.72. The van der Waals surface area contributed by atoms with Crippen LogP contribution in [0.15, 0.2) is 24.8 Å². The monoisotopic (exact) mass is 97.1 g/mol. The highest BCUT2D eigenvalue weighted by atomic mass is 14.7. The molecule has 0 aliphatic carbocycles. The molecule has 7 heavy (non-hydrogen) atoms. The van der Waals surface area contributed by atoms with Gasteiger partial charge in [-0.3, -0.25) is 9.97 Å². The van der Waals surface area contributed by atoms with E-state index < -0.39 is 0 Å². The fraction of sp³-hybridized carbons (Fsp3) is 0. The fourth-order valence-electron chi connectivity index (χ4n) is 0.253. The SMILES string of the molecule is N.c1cnccn1. The molecule has 1 rings (SSSR count). The van der Waals surface area contributed by atoms with Crippen LogP contribution in [0.25, 0.3) is 0 Å². The molecule has 3 nitrogen and oxygen atoms in total. The van der Waals surface area contributed by atoms with Gasteiger partial charge >= 0.3 is 0 Å². The molecule has 0 unspecified atom stereocenters. The summed E-state index contributed by atoms with van der Waals surface area (Å²) in [5, 5.41) is 0. The Morgan fingerprint density at radius 3 is 1.14 bits per heavy atom. The quantitative estimate of drug-likeness (QED) is 0.516. The van der Waals surface area contributed by atoms with Crippen LogP contribution < -0.4 is 6.15 Å². The van der Waals surface area contributed by atoms with Crippen molar-refractivity contribution in [2.75, 3.05) is 0 Å². The molecule has 0 fully saturated rings. The topological polar surface area (TPSA) is 60.8 Å². The summed E-state index contributed by atoms with van der Waals surface area (Å²) in [7, 11) is 0. The summed E-state index contributed by atoms with van der Waals surface area (Å²) < 4.78 is 0. The van der Waals surface area contributed by atoms with Gasteiger partial charge in [-0.25, -0.2) is 0 Å². The molecule has 0 radical (unpaired) electrons. The largest absolute Gasteiger partial charge is 0.344 e. The molecule has 0 aromatic carbocycles. The van der Waals surface area contributed by atoms with Crippen LogP contribution >= 0.6 is 0 Å². The van der Waals surface area contributed by atoms with Crippen LogP contribution in [0.5, 0.6) is 0 Å². The second-order valence-electron chi connectivity index (χ2n) is 0.894. The van der Waals surface area contributed by atoms with E-state index >= 15 is 0 Å². The molecule has 0 bridgehead atoms. The predicted molar refractivity (Wildman–Crippen MR) is 27.1 cm³/mol. The Bertz CT molecular complexity index is 78.9. The van der Waals surface area contributed by atoms with Gasteiger partial charge < -0.3 is 6.15 Å². The van der Waals surface area contributed by atoms with Crippen molar-refractivity contribution in [3.05, 3.63) is 24.8 Å². The summed E-state index contributed by atoms with van der Waals surface area (Å²) in [5.41, 5.74) is 0. The first-order valence-electron chi connectivity index (χ1n) is 1.70. The first kappa shape index (κ1) is 6.04. The van der Waals surface area contributed by atoms with E-state index in [9.17, 15) is 0 Å². The van der Waals surface area contributed by atoms with Crippen molar-refractivity contribution < 1.29 is 0 Å². The normalized spacial score (nSPS) is 6.86. The molecule has 0 saturated carbocycles. The fourth-order valence-corrected chi connectivity index (χ4v) is 0.253. The molecule has 0 saturated heterocycles. The van der Waals surface area contributed by atoms with E-state index in [1.54, 1.807) is 24.8 Å². The number of hydrogen-bond donors (Lipinski definition) is 1. The van der Waals surface area contributed by atoms with Crippen molar-refractivity contribution in [2.24, 2.45) is 0 Å². The third kappa shape index (κ3) is 1.83. The summed E-state index contributed by atoms with van der Waals surface area (Å²) in [6.45, 7) is 0. The van der Waals surface area contributed by atoms with Gasteiger partial charge in [0.05, 0.1) is 0 Å². The van der Waals surface area contributed by atoms with Crippen molar-refractivity contribution >= 4 is 0 Å². The molecule has 1 heterocycles. The standard InChI is InChI=1S/C4H4N2.H3N/c1-2-6-4-3-5-1;/h1-4H;1H3. The molecule has 0 aliphatic heterocycles. The molecule has 1 aromatic rings. The first-order valence-corrected chi connectivity index (χ1v) is 1.70. The minimum absolute atomic E-state index is 0. The summed E-state index contributed by atoms with van der Waals surface area (Å²) >= 11 is 0. The number of nitrogens with zero attached hydrogens (tertiary/aromatic N) is 2. The maximum Gasteiger partial charge on any atom is 0.0451 e. The molecular formula is C4H7N3. The smallest absolute Gasteiger partial charge is 0.0451 e. The Balaban J connectivity index is 0.000000360. The maximum absolute atomic E-state index is 3.72. The van der Waals surface area contributed by atoms with Crippen molar-refractivity contribution in [1.82, 2.24) is 16.1 Å². The lowest BCUT2D eigenvalue weighted by molar-refractivity contribution is 1.20. The Labute approximate surface area is 42.0 Å². The Kier molecular flexibility index (Phi) is 2.79. The van der Waals surface area contributed by atoms with Gasteiger partial charge in [0.15, 0.2) is 0 Å². The van der Waals surface area contributed by atoms with Crippen LogP contribution in [0.1, 0.15) is 0 Å². The summed E-state index contributed by atoms with van der Waals surface area (Å²) in [6, 6.07) is 0. The van der Waals surface area contributed by atoms with Crippen molar-refractivity contribution in [2.45, 2.75) is 0 Å². The van der Waals surface area contributed by atoms with Crippen LogP contribution in [-0.2, 0) is 0 Å². The lowest BCUT2D eigenvalue weighted by Gasteiger charge is -1.70. The van der Waals surface area contributed by atoms with Crippen LogP contribution in [-0.4, -0.2) is 9.97 Å². The van der Waals surface area contributed by atoms with Crippen LogP contribution in [0, 0.1) is 0 Å². The average molecular weight is 97.1 g/mol. The number of hydrogen-bond acceptors (Lipinski definition) is 3. The first-order chi connectivity index (χ1) is 3.00. The lowest BCUT2D eigenvalue weighted by atomic mass is 10.8. The zero-order chi connectivity index (χ0) is 4.24. The molecule has 3 N–H and O–H groups in total. The van der Waals surface area contributed by atoms with E-state index in [1.807, 2.05) is 0 Å². The summed E-state index contributed by atoms with van der Waals surface area (Å²) in [5.74, 6) is 0. The Morgan fingerprint density at radius 2 is 1.00 bits per heavy atom. The minimum Gasteiger partial charge on any atom is -0.344 e. The van der Waals surface area contributed by atoms with Gasteiger partial charge in [-0.2, -0.15) is 0 Å². The molecule has 0 aliphatic rings. The van der Waals surface area contributed by atoms with Gasteiger partial charge in [-0.15, -0.1) is 0 Å². The van der Waals surface area contributed by atoms with E-state index in [4.69, 9.17) is 0 Å². The van der Waals surface area contributed by atoms with E-state index in [1.165, 1.54) is 0 Å². The highest BCUT2D eigenvalue weighted by Gasteiger charge is 1.59.